The maximum atomic E-state index is 13.9. The molecule has 0 spiro atoms. The molecule has 1 aromatic carbocycles. The highest BCUT2D eigenvalue weighted by atomic mass is 32.2. The van der Waals surface area contributed by atoms with Crippen molar-refractivity contribution in [3.8, 4) is 5.75 Å². The van der Waals surface area contributed by atoms with Crippen molar-refractivity contribution in [1.29, 1.82) is 0 Å². The number of ether oxygens (including phenoxy) is 1. The molecule has 0 radical (unpaired) electrons. The van der Waals surface area contributed by atoms with Crippen molar-refractivity contribution in [2.24, 2.45) is 0 Å². The van der Waals surface area contributed by atoms with E-state index in [-0.39, 0.29) is 18.9 Å². The third-order valence-electron chi connectivity index (χ3n) is 4.85. The molecule has 10 heteroatoms. The molecule has 0 aliphatic carbocycles. The highest BCUT2D eigenvalue weighted by molar-refractivity contribution is 7.88. The highest BCUT2D eigenvalue weighted by Gasteiger charge is 2.24. The summed E-state index contributed by atoms with van der Waals surface area (Å²) in [6.45, 7) is 2.44. The van der Waals surface area contributed by atoms with Gasteiger partial charge >= 0.3 is 0 Å². The Bertz CT molecular complexity index is 1160. The van der Waals surface area contributed by atoms with E-state index in [2.05, 4.69) is 10.1 Å². The van der Waals surface area contributed by atoms with Gasteiger partial charge in [-0.3, -0.25) is 0 Å². The Labute approximate surface area is 168 Å². The van der Waals surface area contributed by atoms with Gasteiger partial charge < -0.3 is 9.64 Å². The lowest BCUT2D eigenvalue weighted by molar-refractivity contribution is 0.183. The number of fused-ring (bicyclic) bond motifs is 2. The molecule has 1 atom stereocenters. The zero-order valence-electron chi connectivity index (χ0n) is 16.4. The molecular formula is C19H22FN5O3S. The van der Waals surface area contributed by atoms with Crippen LogP contribution in [0, 0.1) is 5.82 Å². The topological polar surface area (TPSA) is 80.0 Å². The number of sulfonamides is 1. The summed E-state index contributed by atoms with van der Waals surface area (Å²) in [7, 11) is -1.64. The van der Waals surface area contributed by atoms with E-state index in [1.165, 1.54) is 22.7 Å². The van der Waals surface area contributed by atoms with Gasteiger partial charge in [-0.2, -0.15) is 9.40 Å². The van der Waals surface area contributed by atoms with Crippen molar-refractivity contribution in [3.63, 3.8) is 0 Å². The maximum Gasteiger partial charge on any atom is 0.211 e. The van der Waals surface area contributed by atoms with Gasteiger partial charge in [0.1, 0.15) is 23.5 Å². The van der Waals surface area contributed by atoms with Gasteiger partial charge in [-0.25, -0.2) is 22.3 Å². The zero-order valence-corrected chi connectivity index (χ0v) is 17.2. The van der Waals surface area contributed by atoms with Gasteiger partial charge in [0.2, 0.25) is 10.0 Å². The lowest BCUT2D eigenvalue weighted by Gasteiger charge is -2.25. The van der Waals surface area contributed by atoms with Crippen LogP contribution in [0.2, 0.25) is 0 Å². The number of nitrogens with zero attached hydrogens (tertiary/aromatic N) is 5. The monoisotopic (exact) mass is 419 g/mol. The van der Waals surface area contributed by atoms with Crippen molar-refractivity contribution in [2.45, 2.75) is 26.1 Å². The molecule has 3 aromatic rings. The van der Waals surface area contributed by atoms with E-state index in [0.717, 1.165) is 0 Å². The second-order valence-electron chi connectivity index (χ2n) is 7.32. The third kappa shape index (κ3) is 4.03. The first-order valence-electron chi connectivity index (χ1n) is 9.15. The average Bonchev–Trinajstić information content (AvgIpc) is 3.04. The SMILES string of the molecule is C[C@H]1CN(S(C)(=O)=O)Cc2cnn3ccc(nc23)N(C)Cc2cc(F)ccc2O1. The van der Waals surface area contributed by atoms with Crippen LogP contribution in [0.3, 0.4) is 0 Å². The molecule has 0 saturated heterocycles. The normalized spacial score (nSPS) is 18.6. The smallest absolute Gasteiger partial charge is 0.211 e. The van der Waals surface area contributed by atoms with E-state index in [9.17, 15) is 12.8 Å². The second kappa shape index (κ2) is 7.27. The number of aromatic nitrogens is 3. The van der Waals surface area contributed by atoms with E-state index in [4.69, 9.17) is 4.74 Å². The second-order valence-corrected chi connectivity index (χ2v) is 9.30. The largest absolute Gasteiger partial charge is 0.489 e. The lowest BCUT2D eigenvalue weighted by atomic mass is 10.1. The molecule has 154 valence electrons. The Balaban J connectivity index is 1.85. The fraction of sp³-hybridized carbons (Fsp3) is 0.368. The van der Waals surface area contributed by atoms with E-state index >= 15 is 0 Å². The molecule has 0 fully saturated rings. The zero-order chi connectivity index (χ0) is 20.8. The van der Waals surface area contributed by atoms with Crippen LogP contribution in [-0.4, -0.2) is 53.3 Å². The summed E-state index contributed by atoms with van der Waals surface area (Å²) < 4.78 is 47.6. The Kier molecular flexibility index (Phi) is 4.91. The van der Waals surface area contributed by atoms with Crippen LogP contribution in [0.5, 0.6) is 5.75 Å². The summed E-state index contributed by atoms with van der Waals surface area (Å²) in [6, 6.07) is 6.14. The summed E-state index contributed by atoms with van der Waals surface area (Å²) in [5.74, 6) is 0.812. The molecule has 0 unspecified atom stereocenters. The van der Waals surface area contributed by atoms with E-state index in [0.29, 0.717) is 34.9 Å². The fourth-order valence-corrected chi connectivity index (χ4v) is 4.26. The Morgan fingerprint density at radius 2 is 2.00 bits per heavy atom. The molecule has 2 bridgehead atoms. The first-order valence-corrected chi connectivity index (χ1v) is 11.0. The minimum absolute atomic E-state index is 0.131. The van der Waals surface area contributed by atoms with Crippen LogP contribution < -0.4 is 9.64 Å². The molecule has 2 aromatic heterocycles. The molecular weight excluding hydrogens is 397 g/mol. The van der Waals surface area contributed by atoms with E-state index in [1.54, 1.807) is 36.0 Å². The van der Waals surface area contributed by atoms with Gasteiger partial charge in [0, 0.05) is 37.5 Å². The first-order chi connectivity index (χ1) is 13.7. The van der Waals surface area contributed by atoms with Crippen LogP contribution in [0.15, 0.2) is 36.7 Å². The van der Waals surface area contributed by atoms with Crippen molar-refractivity contribution in [3.05, 3.63) is 53.6 Å². The molecule has 29 heavy (non-hydrogen) atoms. The van der Waals surface area contributed by atoms with Crippen LogP contribution in [0.25, 0.3) is 5.65 Å². The van der Waals surface area contributed by atoms with Gasteiger partial charge in [0.05, 0.1) is 19.0 Å². The fourth-order valence-electron chi connectivity index (χ4n) is 3.40. The number of halogens is 1. The van der Waals surface area contributed by atoms with Gasteiger partial charge in [-0.15, -0.1) is 0 Å². The lowest BCUT2D eigenvalue weighted by Crippen LogP contribution is -2.37. The summed E-state index contributed by atoms with van der Waals surface area (Å²) in [5, 5.41) is 4.27. The first kappa shape index (κ1) is 19.6. The molecule has 1 aliphatic rings. The molecule has 1 aliphatic heterocycles. The quantitative estimate of drug-likeness (QED) is 0.601. The van der Waals surface area contributed by atoms with E-state index in [1.807, 2.05) is 11.9 Å². The van der Waals surface area contributed by atoms with Crippen LogP contribution in [0.4, 0.5) is 10.2 Å². The Hall–Kier alpha value is -2.72. The average molecular weight is 419 g/mol. The number of hydrogen-bond donors (Lipinski definition) is 0. The molecule has 4 rings (SSSR count). The minimum atomic E-state index is -3.50. The summed E-state index contributed by atoms with van der Waals surface area (Å²) >= 11 is 0. The van der Waals surface area contributed by atoms with Crippen molar-refractivity contribution < 1.29 is 17.5 Å². The van der Waals surface area contributed by atoms with Gasteiger partial charge in [-0.1, -0.05) is 0 Å². The Morgan fingerprint density at radius 1 is 1.21 bits per heavy atom. The molecule has 0 saturated carbocycles. The summed E-state index contributed by atoms with van der Waals surface area (Å²) in [5.41, 5.74) is 1.93. The van der Waals surface area contributed by atoms with Crippen molar-refractivity contribution >= 4 is 21.5 Å². The van der Waals surface area contributed by atoms with Crippen LogP contribution >= 0.6 is 0 Å². The third-order valence-corrected chi connectivity index (χ3v) is 6.07. The molecule has 0 amide bonds. The summed E-state index contributed by atoms with van der Waals surface area (Å²) in [4.78, 5) is 6.55. The van der Waals surface area contributed by atoms with Gasteiger partial charge in [-0.05, 0) is 31.2 Å². The standard InChI is InChI=1S/C19H22FN5O3S/c1-13-10-24(29(3,26)27)12-15-9-21-25-7-6-18(22-19(15)25)23(2)11-14-8-16(20)4-5-17(14)28-13/h4-9,13H,10-12H2,1-3H3/t13-/m0/s1. The number of anilines is 1. The van der Waals surface area contributed by atoms with Crippen molar-refractivity contribution in [2.75, 3.05) is 24.7 Å². The molecule has 0 N–H and O–H groups in total. The Morgan fingerprint density at radius 3 is 2.76 bits per heavy atom. The minimum Gasteiger partial charge on any atom is -0.489 e. The molecule has 8 nitrogen and oxygen atoms in total. The predicted octanol–water partition coefficient (Wildman–Crippen LogP) is 2.05. The number of hydrogen-bond acceptors (Lipinski definition) is 6. The summed E-state index contributed by atoms with van der Waals surface area (Å²) in [6.07, 6.45) is 4.12. The molecule has 3 heterocycles. The maximum absolute atomic E-state index is 13.9. The predicted molar refractivity (Wildman–Crippen MR) is 107 cm³/mol. The van der Waals surface area contributed by atoms with Crippen LogP contribution in [-0.2, 0) is 23.1 Å². The highest BCUT2D eigenvalue weighted by Crippen LogP contribution is 2.26. The number of rotatable bonds is 1. The van der Waals surface area contributed by atoms with Crippen LogP contribution in [0.1, 0.15) is 18.1 Å². The van der Waals surface area contributed by atoms with Gasteiger partial charge in [0.15, 0.2) is 5.65 Å². The van der Waals surface area contributed by atoms with Gasteiger partial charge in [0.25, 0.3) is 0 Å². The van der Waals surface area contributed by atoms with Crippen molar-refractivity contribution in [1.82, 2.24) is 18.9 Å². The number of benzene rings is 1. The van der Waals surface area contributed by atoms with E-state index < -0.39 is 16.1 Å².